The SMILES string of the molecule is CC(N)C(=O)N1CCN(CCC(C)(C)C)CC1.Cl. The average molecular weight is 278 g/mol. The summed E-state index contributed by atoms with van der Waals surface area (Å²) in [4.78, 5) is 16.0. The van der Waals surface area contributed by atoms with E-state index in [0.29, 0.717) is 5.41 Å². The molecule has 2 N–H and O–H groups in total. The van der Waals surface area contributed by atoms with Crippen LogP contribution in [0.15, 0.2) is 0 Å². The number of nitrogens with zero attached hydrogens (tertiary/aromatic N) is 2. The molecular formula is C13H28ClN3O. The number of amides is 1. The third-order valence-electron chi connectivity index (χ3n) is 3.25. The number of piperazine rings is 1. The van der Waals surface area contributed by atoms with Crippen molar-refractivity contribution in [3.05, 3.63) is 0 Å². The summed E-state index contributed by atoms with van der Waals surface area (Å²) in [6, 6.07) is -0.365. The van der Waals surface area contributed by atoms with Gasteiger partial charge in [-0.2, -0.15) is 0 Å². The minimum absolute atomic E-state index is 0. The molecule has 0 aromatic rings. The first-order valence-electron chi connectivity index (χ1n) is 6.56. The Bertz CT molecular complexity index is 255. The number of carbonyl (C=O) groups excluding carboxylic acids is 1. The van der Waals surface area contributed by atoms with E-state index in [4.69, 9.17) is 5.73 Å². The van der Waals surface area contributed by atoms with Gasteiger partial charge in [-0.3, -0.25) is 9.69 Å². The average Bonchev–Trinajstić information content (AvgIpc) is 2.25. The molecule has 0 radical (unpaired) electrons. The van der Waals surface area contributed by atoms with Crippen LogP contribution in [0.3, 0.4) is 0 Å². The van der Waals surface area contributed by atoms with Crippen molar-refractivity contribution in [2.24, 2.45) is 11.1 Å². The van der Waals surface area contributed by atoms with Gasteiger partial charge in [-0.25, -0.2) is 0 Å². The number of carbonyl (C=O) groups is 1. The van der Waals surface area contributed by atoms with E-state index in [1.165, 1.54) is 6.42 Å². The molecular weight excluding hydrogens is 250 g/mol. The molecule has 1 fully saturated rings. The summed E-state index contributed by atoms with van der Waals surface area (Å²) in [5.41, 5.74) is 6.00. The molecule has 1 unspecified atom stereocenters. The van der Waals surface area contributed by atoms with Gasteiger partial charge in [0.2, 0.25) is 5.91 Å². The molecule has 1 amide bonds. The molecule has 0 aromatic carbocycles. The van der Waals surface area contributed by atoms with Crippen molar-refractivity contribution in [1.29, 1.82) is 0 Å². The van der Waals surface area contributed by atoms with Crippen LogP contribution in [-0.4, -0.2) is 54.5 Å². The van der Waals surface area contributed by atoms with Crippen LogP contribution in [0.25, 0.3) is 0 Å². The van der Waals surface area contributed by atoms with E-state index in [0.717, 1.165) is 32.7 Å². The fourth-order valence-electron chi connectivity index (χ4n) is 1.97. The first kappa shape index (κ1) is 17.7. The maximum atomic E-state index is 11.7. The molecule has 1 aliphatic heterocycles. The lowest BCUT2D eigenvalue weighted by Crippen LogP contribution is -2.52. The van der Waals surface area contributed by atoms with Gasteiger partial charge in [0.15, 0.2) is 0 Å². The zero-order valence-electron chi connectivity index (χ0n) is 12.1. The first-order valence-corrected chi connectivity index (χ1v) is 6.56. The van der Waals surface area contributed by atoms with Crippen LogP contribution in [0, 0.1) is 5.41 Å². The monoisotopic (exact) mass is 277 g/mol. The zero-order valence-corrected chi connectivity index (χ0v) is 12.9. The quantitative estimate of drug-likeness (QED) is 0.847. The summed E-state index contributed by atoms with van der Waals surface area (Å²) in [6.07, 6.45) is 1.20. The fourth-order valence-corrected chi connectivity index (χ4v) is 1.97. The second-order valence-corrected chi connectivity index (χ2v) is 6.27. The minimum atomic E-state index is -0.365. The van der Waals surface area contributed by atoms with Crippen molar-refractivity contribution in [3.8, 4) is 0 Å². The Kier molecular flexibility index (Phi) is 7.18. The summed E-state index contributed by atoms with van der Waals surface area (Å²) in [5, 5.41) is 0. The van der Waals surface area contributed by atoms with Crippen LogP contribution in [0.5, 0.6) is 0 Å². The van der Waals surface area contributed by atoms with E-state index < -0.39 is 0 Å². The molecule has 108 valence electrons. The highest BCUT2D eigenvalue weighted by Gasteiger charge is 2.23. The molecule has 0 saturated carbocycles. The Morgan fingerprint density at radius 3 is 2.11 bits per heavy atom. The third-order valence-corrected chi connectivity index (χ3v) is 3.25. The molecule has 0 aliphatic carbocycles. The molecule has 1 heterocycles. The van der Waals surface area contributed by atoms with Crippen molar-refractivity contribution in [2.45, 2.75) is 40.2 Å². The van der Waals surface area contributed by atoms with Crippen LogP contribution >= 0.6 is 12.4 Å². The summed E-state index contributed by atoms with van der Waals surface area (Å²) < 4.78 is 0. The van der Waals surface area contributed by atoms with Gasteiger partial charge in [0, 0.05) is 26.2 Å². The van der Waals surface area contributed by atoms with Gasteiger partial charge in [0.25, 0.3) is 0 Å². The minimum Gasteiger partial charge on any atom is -0.339 e. The summed E-state index contributed by atoms with van der Waals surface area (Å²) in [5.74, 6) is 0.0838. The number of hydrogen-bond acceptors (Lipinski definition) is 3. The van der Waals surface area contributed by atoms with Gasteiger partial charge in [-0.15, -0.1) is 12.4 Å². The normalized spacial score (nSPS) is 19.3. The predicted molar refractivity (Wildman–Crippen MR) is 78.0 cm³/mol. The van der Waals surface area contributed by atoms with E-state index in [1.54, 1.807) is 6.92 Å². The Morgan fingerprint density at radius 1 is 1.22 bits per heavy atom. The molecule has 1 saturated heterocycles. The van der Waals surface area contributed by atoms with Gasteiger partial charge in [0.05, 0.1) is 6.04 Å². The fraction of sp³-hybridized carbons (Fsp3) is 0.923. The Hall–Kier alpha value is -0.320. The van der Waals surface area contributed by atoms with Gasteiger partial charge in [-0.1, -0.05) is 20.8 Å². The van der Waals surface area contributed by atoms with Crippen molar-refractivity contribution in [1.82, 2.24) is 9.80 Å². The van der Waals surface area contributed by atoms with Crippen LogP contribution in [0.1, 0.15) is 34.1 Å². The van der Waals surface area contributed by atoms with Crippen LogP contribution in [-0.2, 0) is 4.79 Å². The van der Waals surface area contributed by atoms with E-state index >= 15 is 0 Å². The second-order valence-electron chi connectivity index (χ2n) is 6.27. The maximum absolute atomic E-state index is 11.7. The highest BCUT2D eigenvalue weighted by atomic mass is 35.5. The highest BCUT2D eigenvalue weighted by molar-refractivity contribution is 5.85. The molecule has 0 spiro atoms. The van der Waals surface area contributed by atoms with Crippen molar-refractivity contribution in [2.75, 3.05) is 32.7 Å². The molecule has 1 aliphatic rings. The number of halogens is 1. The Balaban J connectivity index is 0.00000289. The predicted octanol–water partition coefficient (Wildman–Crippen LogP) is 1.34. The Morgan fingerprint density at radius 2 is 1.72 bits per heavy atom. The van der Waals surface area contributed by atoms with Gasteiger partial charge in [-0.05, 0) is 25.3 Å². The lowest BCUT2D eigenvalue weighted by molar-refractivity contribution is -0.134. The van der Waals surface area contributed by atoms with E-state index in [9.17, 15) is 4.79 Å². The van der Waals surface area contributed by atoms with Crippen LogP contribution in [0.2, 0.25) is 0 Å². The van der Waals surface area contributed by atoms with Crippen LogP contribution < -0.4 is 5.73 Å². The molecule has 5 heteroatoms. The summed E-state index contributed by atoms with van der Waals surface area (Å²) in [6.45, 7) is 13.3. The molecule has 1 rings (SSSR count). The van der Waals surface area contributed by atoms with Crippen molar-refractivity contribution >= 4 is 18.3 Å². The smallest absolute Gasteiger partial charge is 0.239 e. The van der Waals surface area contributed by atoms with E-state index in [-0.39, 0.29) is 24.4 Å². The lowest BCUT2D eigenvalue weighted by Gasteiger charge is -2.36. The van der Waals surface area contributed by atoms with Crippen LogP contribution in [0.4, 0.5) is 0 Å². The van der Waals surface area contributed by atoms with Gasteiger partial charge in [0.1, 0.15) is 0 Å². The lowest BCUT2D eigenvalue weighted by atomic mass is 9.92. The first-order chi connectivity index (χ1) is 7.79. The Labute approximate surface area is 117 Å². The molecule has 1 atom stereocenters. The zero-order chi connectivity index (χ0) is 13.1. The third kappa shape index (κ3) is 6.03. The van der Waals surface area contributed by atoms with E-state index in [1.807, 2.05) is 4.90 Å². The van der Waals surface area contributed by atoms with Crippen molar-refractivity contribution in [3.63, 3.8) is 0 Å². The summed E-state index contributed by atoms with van der Waals surface area (Å²) >= 11 is 0. The molecule has 0 bridgehead atoms. The van der Waals surface area contributed by atoms with E-state index in [2.05, 4.69) is 25.7 Å². The number of hydrogen-bond donors (Lipinski definition) is 1. The number of nitrogens with two attached hydrogens (primary N) is 1. The second kappa shape index (κ2) is 7.31. The van der Waals surface area contributed by atoms with Gasteiger partial charge >= 0.3 is 0 Å². The maximum Gasteiger partial charge on any atom is 0.239 e. The van der Waals surface area contributed by atoms with Gasteiger partial charge < -0.3 is 10.6 Å². The molecule has 18 heavy (non-hydrogen) atoms. The highest BCUT2D eigenvalue weighted by Crippen LogP contribution is 2.19. The van der Waals surface area contributed by atoms with Crippen molar-refractivity contribution < 1.29 is 4.79 Å². The molecule has 4 nitrogen and oxygen atoms in total. The summed E-state index contributed by atoms with van der Waals surface area (Å²) in [7, 11) is 0. The molecule has 0 aromatic heterocycles. The standard InChI is InChI=1S/C13H27N3O.ClH/c1-11(14)12(17)16-9-7-15(8-10-16)6-5-13(2,3)4;/h11H,5-10,14H2,1-4H3;1H. The number of rotatable bonds is 3. The largest absolute Gasteiger partial charge is 0.339 e. The topological polar surface area (TPSA) is 49.6 Å².